The van der Waals surface area contributed by atoms with Crippen molar-refractivity contribution in [2.45, 2.75) is 5.75 Å². The van der Waals surface area contributed by atoms with Crippen LogP contribution in [0.3, 0.4) is 0 Å². The SMILES string of the molecule is COC(=O)c1ccc(CS(C)(=O)=O)o1. The van der Waals surface area contributed by atoms with E-state index in [4.69, 9.17) is 4.42 Å². The number of hydrogen-bond acceptors (Lipinski definition) is 5. The number of esters is 1. The van der Waals surface area contributed by atoms with Crippen molar-refractivity contribution in [3.63, 3.8) is 0 Å². The van der Waals surface area contributed by atoms with Crippen LogP contribution in [0.1, 0.15) is 16.3 Å². The molecule has 0 radical (unpaired) electrons. The van der Waals surface area contributed by atoms with Gasteiger partial charge in [-0.1, -0.05) is 0 Å². The van der Waals surface area contributed by atoms with Gasteiger partial charge in [0.05, 0.1) is 7.11 Å². The highest BCUT2D eigenvalue weighted by Crippen LogP contribution is 2.11. The van der Waals surface area contributed by atoms with Crippen molar-refractivity contribution < 1.29 is 22.4 Å². The monoisotopic (exact) mass is 218 g/mol. The molecule has 0 aromatic carbocycles. The van der Waals surface area contributed by atoms with Gasteiger partial charge in [-0.3, -0.25) is 0 Å². The van der Waals surface area contributed by atoms with E-state index in [0.717, 1.165) is 6.26 Å². The fourth-order valence-corrected chi connectivity index (χ4v) is 1.60. The predicted molar refractivity (Wildman–Crippen MR) is 48.6 cm³/mol. The molecule has 0 aliphatic heterocycles. The molecule has 0 bridgehead atoms. The van der Waals surface area contributed by atoms with Crippen LogP contribution < -0.4 is 0 Å². The topological polar surface area (TPSA) is 73.6 Å². The van der Waals surface area contributed by atoms with Crippen LogP contribution >= 0.6 is 0 Å². The van der Waals surface area contributed by atoms with Crippen molar-refractivity contribution in [1.82, 2.24) is 0 Å². The minimum absolute atomic E-state index is 0.00569. The molecule has 6 heteroatoms. The molecule has 0 saturated heterocycles. The van der Waals surface area contributed by atoms with Crippen LogP contribution in [0.4, 0.5) is 0 Å². The Morgan fingerprint density at radius 2 is 2.14 bits per heavy atom. The molecule has 0 amide bonds. The first kappa shape index (κ1) is 10.8. The van der Waals surface area contributed by atoms with Crippen LogP contribution in [0.2, 0.25) is 0 Å². The molecule has 0 spiro atoms. The zero-order valence-corrected chi connectivity index (χ0v) is 8.63. The summed E-state index contributed by atoms with van der Waals surface area (Å²) in [5.74, 6) is -0.604. The normalized spacial score (nSPS) is 11.3. The number of methoxy groups -OCH3 is 1. The van der Waals surface area contributed by atoms with Crippen molar-refractivity contribution >= 4 is 15.8 Å². The van der Waals surface area contributed by atoms with E-state index in [9.17, 15) is 13.2 Å². The van der Waals surface area contributed by atoms with E-state index in [0.29, 0.717) is 0 Å². The molecule has 5 nitrogen and oxygen atoms in total. The first-order chi connectivity index (χ1) is 6.42. The summed E-state index contributed by atoms with van der Waals surface area (Å²) >= 11 is 0. The standard InChI is InChI=1S/C8H10O5S/c1-12-8(9)7-4-3-6(13-7)5-14(2,10)11/h3-4H,5H2,1-2H3. The Hall–Kier alpha value is -1.30. The Kier molecular flexibility index (Phi) is 2.95. The van der Waals surface area contributed by atoms with Crippen molar-refractivity contribution in [2.24, 2.45) is 0 Å². The highest BCUT2D eigenvalue weighted by atomic mass is 32.2. The lowest BCUT2D eigenvalue weighted by Gasteiger charge is -1.94. The summed E-state index contributed by atoms with van der Waals surface area (Å²) in [5.41, 5.74) is 0. The molecule has 1 aromatic heterocycles. The third kappa shape index (κ3) is 2.88. The molecule has 14 heavy (non-hydrogen) atoms. The molecule has 0 fully saturated rings. The van der Waals surface area contributed by atoms with E-state index < -0.39 is 15.8 Å². The summed E-state index contributed by atoms with van der Waals surface area (Å²) in [6.45, 7) is 0. The zero-order chi connectivity index (χ0) is 10.8. The molecule has 0 atom stereocenters. The molecule has 1 heterocycles. The first-order valence-corrected chi connectivity index (χ1v) is 5.83. The van der Waals surface area contributed by atoms with E-state index in [-0.39, 0.29) is 17.3 Å². The fourth-order valence-electron chi connectivity index (χ4n) is 0.924. The van der Waals surface area contributed by atoms with Crippen LogP contribution in [0.15, 0.2) is 16.5 Å². The van der Waals surface area contributed by atoms with Gasteiger partial charge in [-0.15, -0.1) is 0 Å². The van der Waals surface area contributed by atoms with Gasteiger partial charge in [0.2, 0.25) is 5.76 Å². The van der Waals surface area contributed by atoms with Crippen LogP contribution in [0.25, 0.3) is 0 Å². The third-order valence-electron chi connectivity index (χ3n) is 1.45. The average molecular weight is 218 g/mol. The van der Waals surface area contributed by atoms with Gasteiger partial charge in [-0.2, -0.15) is 0 Å². The second kappa shape index (κ2) is 3.83. The number of carbonyl (C=O) groups is 1. The number of ether oxygens (including phenoxy) is 1. The summed E-state index contributed by atoms with van der Waals surface area (Å²) in [6, 6.07) is 2.82. The quantitative estimate of drug-likeness (QED) is 0.695. The van der Waals surface area contributed by atoms with Crippen LogP contribution in [0.5, 0.6) is 0 Å². The van der Waals surface area contributed by atoms with Crippen LogP contribution in [0, 0.1) is 0 Å². The smallest absolute Gasteiger partial charge is 0.373 e. The van der Waals surface area contributed by atoms with Crippen LogP contribution in [-0.4, -0.2) is 27.8 Å². The maximum Gasteiger partial charge on any atom is 0.373 e. The molecule has 0 N–H and O–H groups in total. The Balaban J connectivity index is 2.84. The lowest BCUT2D eigenvalue weighted by Crippen LogP contribution is -2.00. The Morgan fingerprint density at radius 1 is 1.50 bits per heavy atom. The molecule has 1 aromatic rings. The average Bonchev–Trinajstić information content (AvgIpc) is 2.48. The number of carbonyl (C=O) groups excluding carboxylic acids is 1. The zero-order valence-electron chi connectivity index (χ0n) is 7.81. The summed E-state index contributed by atoms with van der Waals surface area (Å²) in [5, 5.41) is 0. The molecular weight excluding hydrogens is 208 g/mol. The Bertz CT molecular complexity index is 428. The minimum Gasteiger partial charge on any atom is -0.463 e. The molecule has 0 aliphatic rings. The first-order valence-electron chi connectivity index (χ1n) is 3.77. The van der Waals surface area contributed by atoms with Crippen molar-refractivity contribution in [3.05, 3.63) is 23.7 Å². The van der Waals surface area contributed by atoms with Gasteiger partial charge in [0.1, 0.15) is 11.5 Å². The van der Waals surface area contributed by atoms with E-state index in [1.807, 2.05) is 0 Å². The van der Waals surface area contributed by atoms with Gasteiger partial charge in [-0.25, -0.2) is 13.2 Å². The Labute approximate surface area is 81.6 Å². The second-order valence-electron chi connectivity index (χ2n) is 2.83. The fraction of sp³-hybridized carbons (Fsp3) is 0.375. The number of rotatable bonds is 3. The maximum absolute atomic E-state index is 10.9. The van der Waals surface area contributed by atoms with Gasteiger partial charge < -0.3 is 9.15 Å². The Morgan fingerprint density at radius 3 is 2.64 bits per heavy atom. The second-order valence-corrected chi connectivity index (χ2v) is 4.97. The highest BCUT2D eigenvalue weighted by molar-refractivity contribution is 7.89. The summed E-state index contributed by atoms with van der Waals surface area (Å²) in [7, 11) is -1.92. The maximum atomic E-state index is 10.9. The van der Waals surface area contributed by atoms with Gasteiger partial charge in [0.15, 0.2) is 9.84 Å². The molecule has 1 rings (SSSR count). The lowest BCUT2D eigenvalue weighted by atomic mass is 10.4. The molecular formula is C8H10O5S. The summed E-state index contributed by atoms with van der Waals surface area (Å²) < 4.78 is 31.1. The van der Waals surface area contributed by atoms with Crippen molar-refractivity contribution in [2.75, 3.05) is 13.4 Å². The van der Waals surface area contributed by atoms with Gasteiger partial charge >= 0.3 is 5.97 Å². The third-order valence-corrected chi connectivity index (χ3v) is 2.26. The molecule has 0 aliphatic carbocycles. The van der Waals surface area contributed by atoms with E-state index >= 15 is 0 Å². The highest BCUT2D eigenvalue weighted by Gasteiger charge is 2.13. The number of hydrogen-bond donors (Lipinski definition) is 0. The number of furan rings is 1. The molecule has 0 saturated carbocycles. The van der Waals surface area contributed by atoms with E-state index in [1.54, 1.807) is 0 Å². The molecule has 78 valence electrons. The summed E-state index contributed by atoms with van der Waals surface area (Å²) in [6.07, 6.45) is 1.09. The molecule has 0 unspecified atom stereocenters. The van der Waals surface area contributed by atoms with Gasteiger partial charge in [0.25, 0.3) is 0 Å². The van der Waals surface area contributed by atoms with Gasteiger partial charge in [-0.05, 0) is 12.1 Å². The van der Waals surface area contributed by atoms with Crippen molar-refractivity contribution in [3.8, 4) is 0 Å². The van der Waals surface area contributed by atoms with E-state index in [1.165, 1.54) is 19.2 Å². The lowest BCUT2D eigenvalue weighted by molar-refractivity contribution is 0.0563. The predicted octanol–water partition coefficient (Wildman–Crippen LogP) is 0.611. The summed E-state index contributed by atoms with van der Waals surface area (Å²) in [4.78, 5) is 10.9. The largest absolute Gasteiger partial charge is 0.463 e. The van der Waals surface area contributed by atoms with Gasteiger partial charge in [0, 0.05) is 6.26 Å². The van der Waals surface area contributed by atoms with Crippen molar-refractivity contribution in [1.29, 1.82) is 0 Å². The van der Waals surface area contributed by atoms with Crippen LogP contribution in [-0.2, 0) is 20.3 Å². The number of sulfone groups is 1. The van der Waals surface area contributed by atoms with E-state index in [2.05, 4.69) is 4.74 Å². The minimum atomic E-state index is -3.14.